The Morgan fingerprint density at radius 1 is 1.26 bits per heavy atom. The lowest BCUT2D eigenvalue weighted by Crippen LogP contribution is -2.52. The average molecular weight is 258 g/mol. The van der Waals surface area contributed by atoms with Gasteiger partial charge in [0.2, 0.25) is 0 Å². The van der Waals surface area contributed by atoms with Crippen molar-refractivity contribution < 1.29 is 0 Å². The van der Waals surface area contributed by atoms with E-state index in [1.165, 1.54) is 31.4 Å². The minimum absolute atomic E-state index is 0.505. The molecule has 19 heavy (non-hydrogen) atoms. The van der Waals surface area contributed by atoms with E-state index in [0.29, 0.717) is 17.5 Å². The monoisotopic (exact) mass is 258 g/mol. The molecule has 2 heteroatoms. The molecule has 1 saturated heterocycles. The summed E-state index contributed by atoms with van der Waals surface area (Å²) in [5, 5.41) is 3.70. The fourth-order valence-electron chi connectivity index (χ4n) is 3.28. The Balaban J connectivity index is 1.67. The summed E-state index contributed by atoms with van der Waals surface area (Å²) >= 11 is 0. The van der Waals surface area contributed by atoms with E-state index >= 15 is 0 Å². The molecule has 1 N–H and O–H groups in total. The van der Waals surface area contributed by atoms with Crippen LogP contribution in [0.15, 0.2) is 30.3 Å². The molecule has 0 spiro atoms. The fraction of sp³-hybridized carbons (Fsp3) is 0.647. The van der Waals surface area contributed by atoms with Crippen molar-refractivity contribution in [2.45, 2.75) is 45.2 Å². The van der Waals surface area contributed by atoms with Crippen LogP contribution in [0.25, 0.3) is 0 Å². The summed E-state index contributed by atoms with van der Waals surface area (Å²) in [4.78, 5) is 2.71. The summed E-state index contributed by atoms with van der Waals surface area (Å²) in [6, 6.07) is 12.1. The quantitative estimate of drug-likeness (QED) is 0.892. The molecular weight excluding hydrogens is 232 g/mol. The van der Waals surface area contributed by atoms with Gasteiger partial charge < -0.3 is 5.32 Å². The number of piperazine rings is 1. The van der Waals surface area contributed by atoms with Crippen LogP contribution in [0, 0.1) is 5.41 Å². The summed E-state index contributed by atoms with van der Waals surface area (Å²) in [6.07, 6.45) is 4.23. The molecule has 2 unspecified atom stereocenters. The number of nitrogens with zero attached hydrogens (tertiary/aromatic N) is 1. The SMILES string of the molecule is CCC1(CN2CC(c3ccccc3)NCC2C)CC1. The molecule has 1 heterocycles. The van der Waals surface area contributed by atoms with Crippen molar-refractivity contribution in [1.82, 2.24) is 10.2 Å². The van der Waals surface area contributed by atoms with Crippen molar-refractivity contribution >= 4 is 0 Å². The zero-order valence-electron chi connectivity index (χ0n) is 12.2. The largest absolute Gasteiger partial charge is 0.307 e. The maximum atomic E-state index is 3.70. The predicted octanol–water partition coefficient (Wildman–Crippen LogP) is 3.21. The first-order valence-electron chi connectivity index (χ1n) is 7.75. The maximum absolute atomic E-state index is 3.70. The summed E-state index contributed by atoms with van der Waals surface area (Å²) in [5.74, 6) is 0. The second-order valence-corrected chi connectivity index (χ2v) is 6.50. The lowest BCUT2D eigenvalue weighted by Gasteiger charge is -2.40. The highest BCUT2D eigenvalue weighted by atomic mass is 15.2. The first-order valence-corrected chi connectivity index (χ1v) is 7.75. The van der Waals surface area contributed by atoms with Crippen molar-refractivity contribution in [2.75, 3.05) is 19.6 Å². The second kappa shape index (κ2) is 5.26. The third-order valence-corrected chi connectivity index (χ3v) is 5.15. The molecule has 2 atom stereocenters. The Hall–Kier alpha value is -0.860. The molecule has 0 aromatic heterocycles. The standard InChI is InChI=1S/C17H26N2/c1-3-17(9-10-17)13-19-12-16(18-11-14(19)2)15-7-5-4-6-8-15/h4-8,14,16,18H,3,9-13H2,1-2H3. The van der Waals surface area contributed by atoms with Crippen LogP contribution in [-0.2, 0) is 0 Å². The van der Waals surface area contributed by atoms with Gasteiger partial charge in [0.25, 0.3) is 0 Å². The fourth-order valence-corrected chi connectivity index (χ4v) is 3.28. The molecule has 2 nitrogen and oxygen atoms in total. The van der Waals surface area contributed by atoms with E-state index in [1.807, 2.05) is 0 Å². The number of hydrogen-bond acceptors (Lipinski definition) is 2. The Bertz CT molecular complexity index is 411. The number of benzene rings is 1. The van der Waals surface area contributed by atoms with Crippen LogP contribution >= 0.6 is 0 Å². The third-order valence-electron chi connectivity index (χ3n) is 5.15. The van der Waals surface area contributed by atoms with Crippen LogP contribution in [0.1, 0.15) is 44.7 Å². The molecule has 104 valence electrons. The van der Waals surface area contributed by atoms with Gasteiger partial charge in [-0.05, 0) is 37.2 Å². The Kier molecular flexibility index (Phi) is 3.64. The minimum atomic E-state index is 0.505. The molecule has 2 aliphatic rings. The lowest BCUT2D eigenvalue weighted by molar-refractivity contribution is 0.112. The highest BCUT2D eigenvalue weighted by Crippen LogP contribution is 2.49. The Morgan fingerprint density at radius 2 is 2.00 bits per heavy atom. The molecule has 1 aromatic rings. The molecule has 0 radical (unpaired) electrons. The molecule has 2 fully saturated rings. The summed E-state index contributed by atoms with van der Waals surface area (Å²) in [7, 11) is 0. The van der Waals surface area contributed by atoms with Crippen molar-refractivity contribution in [1.29, 1.82) is 0 Å². The van der Waals surface area contributed by atoms with Crippen molar-refractivity contribution in [3.8, 4) is 0 Å². The molecule has 1 saturated carbocycles. The van der Waals surface area contributed by atoms with Crippen LogP contribution in [0.2, 0.25) is 0 Å². The minimum Gasteiger partial charge on any atom is -0.307 e. The lowest BCUT2D eigenvalue weighted by atomic mass is 9.98. The number of hydrogen-bond donors (Lipinski definition) is 1. The van der Waals surface area contributed by atoms with Crippen molar-refractivity contribution in [3.05, 3.63) is 35.9 Å². The van der Waals surface area contributed by atoms with E-state index in [4.69, 9.17) is 0 Å². The average Bonchev–Trinajstić information content (AvgIpc) is 3.23. The first kappa shape index (κ1) is 13.1. The van der Waals surface area contributed by atoms with Gasteiger partial charge in [-0.25, -0.2) is 0 Å². The van der Waals surface area contributed by atoms with Crippen LogP contribution in [0.5, 0.6) is 0 Å². The highest BCUT2D eigenvalue weighted by molar-refractivity contribution is 5.20. The topological polar surface area (TPSA) is 15.3 Å². The number of rotatable bonds is 4. The molecule has 1 aromatic carbocycles. The zero-order valence-corrected chi connectivity index (χ0v) is 12.2. The van der Waals surface area contributed by atoms with E-state index < -0.39 is 0 Å². The van der Waals surface area contributed by atoms with E-state index in [9.17, 15) is 0 Å². The smallest absolute Gasteiger partial charge is 0.0449 e. The molecule has 1 aliphatic carbocycles. The van der Waals surface area contributed by atoms with Crippen LogP contribution in [0.4, 0.5) is 0 Å². The van der Waals surface area contributed by atoms with Crippen molar-refractivity contribution in [3.63, 3.8) is 0 Å². The Labute approximate surface area is 117 Å². The highest BCUT2D eigenvalue weighted by Gasteiger charge is 2.43. The van der Waals surface area contributed by atoms with Gasteiger partial charge in [0, 0.05) is 31.7 Å². The van der Waals surface area contributed by atoms with Gasteiger partial charge in [0.15, 0.2) is 0 Å². The molecule has 3 rings (SSSR count). The first-order chi connectivity index (χ1) is 9.22. The summed E-state index contributed by atoms with van der Waals surface area (Å²) in [6.45, 7) is 8.29. The summed E-state index contributed by atoms with van der Waals surface area (Å²) < 4.78 is 0. The molecular formula is C17H26N2. The maximum Gasteiger partial charge on any atom is 0.0449 e. The summed E-state index contributed by atoms with van der Waals surface area (Å²) in [5.41, 5.74) is 2.09. The number of nitrogens with one attached hydrogen (secondary N) is 1. The van der Waals surface area contributed by atoms with E-state index in [-0.39, 0.29) is 0 Å². The van der Waals surface area contributed by atoms with E-state index in [1.54, 1.807) is 0 Å². The van der Waals surface area contributed by atoms with Crippen molar-refractivity contribution in [2.24, 2.45) is 5.41 Å². The van der Waals surface area contributed by atoms with Gasteiger partial charge >= 0.3 is 0 Å². The van der Waals surface area contributed by atoms with E-state index in [0.717, 1.165) is 13.1 Å². The van der Waals surface area contributed by atoms with Gasteiger partial charge in [0.1, 0.15) is 0 Å². The van der Waals surface area contributed by atoms with Gasteiger partial charge in [-0.1, -0.05) is 37.3 Å². The van der Waals surface area contributed by atoms with Gasteiger partial charge in [-0.2, -0.15) is 0 Å². The normalized spacial score (nSPS) is 30.2. The van der Waals surface area contributed by atoms with Gasteiger partial charge in [-0.3, -0.25) is 4.90 Å². The molecule has 0 amide bonds. The second-order valence-electron chi connectivity index (χ2n) is 6.50. The van der Waals surface area contributed by atoms with Crippen LogP contribution in [0.3, 0.4) is 0 Å². The van der Waals surface area contributed by atoms with E-state index in [2.05, 4.69) is 54.4 Å². The van der Waals surface area contributed by atoms with Crippen LogP contribution < -0.4 is 5.32 Å². The van der Waals surface area contributed by atoms with Gasteiger partial charge in [-0.15, -0.1) is 0 Å². The molecule has 0 bridgehead atoms. The predicted molar refractivity (Wildman–Crippen MR) is 80.2 cm³/mol. The third kappa shape index (κ3) is 2.85. The molecule has 1 aliphatic heterocycles. The zero-order chi connectivity index (χ0) is 13.3. The Morgan fingerprint density at radius 3 is 2.63 bits per heavy atom. The van der Waals surface area contributed by atoms with Crippen LogP contribution in [-0.4, -0.2) is 30.6 Å². The van der Waals surface area contributed by atoms with Gasteiger partial charge in [0.05, 0.1) is 0 Å².